The average Bonchev–Trinajstić information content (AvgIpc) is 2.64. The third-order valence-electron chi connectivity index (χ3n) is 3.86. The summed E-state index contributed by atoms with van der Waals surface area (Å²) in [5.74, 6) is 0.594. The lowest BCUT2D eigenvalue weighted by Crippen LogP contribution is -2.31. The van der Waals surface area contributed by atoms with Gasteiger partial charge in [-0.25, -0.2) is 13.2 Å². The molecule has 0 saturated heterocycles. The second kappa shape index (κ2) is 10.3. The maximum atomic E-state index is 12.4. The van der Waals surface area contributed by atoms with Crippen molar-refractivity contribution in [1.82, 2.24) is 5.32 Å². The smallest absolute Gasteiger partial charge is 0.319 e. The number of para-hydroxylation sites is 1. The summed E-state index contributed by atoms with van der Waals surface area (Å²) >= 11 is 0. The number of benzene rings is 2. The summed E-state index contributed by atoms with van der Waals surface area (Å²) < 4.78 is 31.1. The number of nitrogens with one attached hydrogen (secondary N) is 3. The Kier molecular flexibility index (Phi) is 7.86. The number of rotatable bonds is 9. The van der Waals surface area contributed by atoms with Crippen LogP contribution in [0.15, 0.2) is 48.5 Å². The van der Waals surface area contributed by atoms with E-state index in [-0.39, 0.29) is 0 Å². The quantitative estimate of drug-likeness (QED) is 0.539. The van der Waals surface area contributed by atoms with E-state index in [1.54, 1.807) is 55.5 Å². The number of hydrogen-bond acceptors (Lipinski definition) is 5. The number of anilines is 2. The molecule has 2 amide bonds. The van der Waals surface area contributed by atoms with Crippen molar-refractivity contribution in [1.29, 1.82) is 5.26 Å². The molecular formula is C20H24N4O4S. The highest BCUT2D eigenvalue weighted by atomic mass is 32.2. The normalized spacial score (nSPS) is 11.8. The van der Waals surface area contributed by atoms with Gasteiger partial charge in [0.05, 0.1) is 30.7 Å². The zero-order valence-electron chi connectivity index (χ0n) is 16.3. The van der Waals surface area contributed by atoms with Gasteiger partial charge in [-0.2, -0.15) is 5.26 Å². The number of ether oxygens (including phenoxy) is 1. The van der Waals surface area contributed by atoms with Crippen molar-refractivity contribution in [3.63, 3.8) is 0 Å². The van der Waals surface area contributed by atoms with E-state index >= 15 is 0 Å². The van der Waals surface area contributed by atoms with Crippen LogP contribution in [0.3, 0.4) is 0 Å². The van der Waals surface area contributed by atoms with E-state index in [9.17, 15) is 13.2 Å². The Morgan fingerprint density at radius 1 is 1.21 bits per heavy atom. The fourth-order valence-electron chi connectivity index (χ4n) is 2.61. The molecule has 154 valence electrons. The van der Waals surface area contributed by atoms with Crippen LogP contribution in [0.25, 0.3) is 0 Å². The molecule has 0 aliphatic heterocycles. The topological polar surface area (TPSA) is 120 Å². The summed E-state index contributed by atoms with van der Waals surface area (Å²) in [5.41, 5.74) is 1.60. The molecule has 0 spiro atoms. The lowest BCUT2D eigenvalue weighted by atomic mass is 10.1. The van der Waals surface area contributed by atoms with Crippen LogP contribution in [0, 0.1) is 11.3 Å². The van der Waals surface area contributed by atoms with Crippen molar-refractivity contribution >= 4 is 27.4 Å². The molecule has 0 bridgehead atoms. The second-order valence-corrected chi connectivity index (χ2v) is 8.17. The minimum atomic E-state index is -3.44. The lowest BCUT2D eigenvalue weighted by molar-refractivity contribution is 0.249. The van der Waals surface area contributed by atoms with Gasteiger partial charge in [-0.05, 0) is 37.1 Å². The fourth-order valence-corrected chi connectivity index (χ4v) is 3.20. The molecule has 0 aromatic heterocycles. The highest BCUT2D eigenvalue weighted by Gasteiger charge is 2.15. The van der Waals surface area contributed by atoms with Gasteiger partial charge in [-0.1, -0.05) is 24.3 Å². The van der Waals surface area contributed by atoms with Crippen molar-refractivity contribution < 1.29 is 17.9 Å². The Labute approximate surface area is 170 Å². The van der Waals surface area contributed by atoms with Gasteiger partial charge in [0.25, 0.3) is 0 Å². The molecule has 2 aromatic carbocycles. The molecule has 0 heterocycles. The van der Waals surface area contributed by atoms with Crippen LogP contribution in [0.1, 0.15) is 31.4 Å². The van der Waals surface area contributed by atoms with Gasteiger partial charge in [-0.15, -0.1) is 0 Å². The van der Waals surface area contributed by atoms with Gasteiger partial charge in [0.15, 0.2) is 0 Å². The summed E-state index contributed by atoms with van der Waals surface area (Å²) in [6, 6.07) is 15.0. The number of unbranched alkanes of at least 4 members (excludes halogenated alkanes) is 1. The molecule has 1 atom stereocenters. The van der Waals surface area contributed by atoms with Gasteiger partial charge in [-0.3, -0.25) is 4.72 Å². The summed E-state index contributed by atoms with van der Waals surface area (Å²) in [6.45, 7) is 2.18. The van der Waals surface area contributed by atoms with Crippen molar-refractivity contribution in [3.05, 3.63) is 54.1 Å². The number of carbonyl (C=O) groups excluding carboxylic acids is 1. The monoisotopic (exact) mass is 416 g/mol. The van der Waals surface area contributed by atoms with Gasteiger partial charge in [0, 0.05) is 18.2 Å². The number of nitrogens with zero attached hydrogens (tertiary/aromatic N) is 1. The molecule has 29 heavy (non-hydrogen) atoms. The largest absolute Gasteiger partial charge is 0.493 e. The molecule has 0 fully saturated rings. The number of nitriles is 1. The molecule has 2 rings (SSSR count). The predicted molar refractivity (Wildman–Crippen MR) is 112 cm³/mol. The molecule has 0 aliphatic carbocycles. The highest BCUT2D eigenvalue weighted by Crippen LogP contribution is 2.24. The van der Waals surface area contributed by atoms with Gasteiger partial charge in [0.2, 0.25) is 10.0 Å². The SMILES string of the molecule is CC(NC(=O)Nc1cccc(OCCCC#N)c1)c1ccccc1NS(C)(=O)=O. The van der Waals surface area contributed by atoms with E-state index in [0.717, 1.165) is 6.26 Å². The molecule has 9 heteroatoms. The summed E-state index contributed by atoms with van der Waals surface area (Å²) in [7, 11) is -3.44. The summed E-state index contributed by atoms with van der Waals surface area (Å²) in [5, 5.41) is 14.1. The van der Waals surface area contributed by atoms with E-state index in [1.807, 2.05) is 0 Å². The van der Waals surface area contributed by atoms with E-state index in [4.69, 9.17) is 10.00 Å². The van der Waals surface area contributed by atoms with E-state index in [0.29, 0.717) is 42.1 Å². The number of amides is 2. The zero-order valence-corrected chi connectivity index (χ0v) is 17.1. The first-order valence-corrected chi connectivity index (χ1v) is 10.9. The highest BCUT2D eigenvalue weighted by molar-refractivity contribution is 7.92. The first kappa shape index (κ1) is 22.0. The van der Waals surface area contributed by atoms with E-state index in [1.165, 1.54) is 0 Å². The Morgan fingerprint density at radius 2 is 1.97 bits per heavy atom. The lowest BCUT2D eigenvalue weighted by Gasteiger charge is -2.19. The number of hydrogen-bond donors (Lipinski definition) is 3. The molecule has 0 aliphatic rings. The Bertz CT molecular complexity index is 986. The molecule has 2 aromatic rings. The van der Waals surface area contributed by atoms with E-state index in [2.05, 4.69) is 21.4 Å². The van der Waals surface area contributed by atoms with Crippen LogP contribution in [-0.4, -0.2) is 27.3 Å². The molecular weight excluding hydrogens is 392 g/mol. The minimum Gasteiger partial charge on any atom is -0.493 e. The van der Waals surface area contributed by atoms with Crippen LogP contribution in [0.4, 0.5) is 16.2 Å². The maximum Gasteiger partial charge on any atom is 0.319 e. The second-order valence-electron chi connectivity index (χ2n) is 6.42. The van der Waals surface area contributed by atoms with Crippen LogP contribution in [-0.2, 0) is 10.0 Å². The first-order chi connectivity index (χ1) is 13.8. The fraction of sp³-hybridized carbons (Fsp3) is 0.300. The zero-order chi connectivity index (χ0) is 21.3. The predicted octanol–water partition coefficient (Wildman–Crippen LogP) is 3.62. The van der Waals surface area contributed by atoms with Crippen LogP contribution in [0.2, 0.25) is 0 Å². The van der Waals surface area contributed by atoms with Crippen LogP contribution < -0.4 is 20.1 Å². The Balaban J connectivity index is 1.98. The van der Waals surface area contributed by atoms with Gasteiger partial charge in [0.1, 0.15) is 5.75 Å². The van der Waals surface area contributed by atoms with Crippen LogP contribution >= 0.6 is 0 Å². The third-order valence-corrected chi connectivity index (χ3v) is 4.45. The van der Waals surface area contributed by atoms with E-state index < -0.39 is 22.1 Å². The molecule has 0 saturated carbocycles. The summed E-state index contributed by atoms with van der Waals surface area (Å²) in [6.07, 6.45) is 2.13. The average molecular weight is 417 g/mol. The van der Waals surface area contributed by atoms with Gasteiger partial charge < -0.3 is 15.4 Å². The first-order valence-electron chi connectivity index (χ1n) is 9.02. The number of carbonyl (C=O) groups is 1. The van der Waals surface area contributed by atoms with Crippen molar-refractivity contribution in [2.75, 3.05) is 22.9 Å². The van der Waals surface area contributed by atoms with Crippen molar-refractivity contribution in [2.24, 2.45) is 0 Å². The summed E-state index contributed by atoms with van der Waals surface area (Å²) in [4.78, 5) is 12.4. The molecule has 1 unspecified atom stereocenters. The minimum absolute atomic E-state index is 0.413. The number of sulfonamides is 1. The molecule has 3 N–H and O–H groups in total. The maximum absolute atomic E-state index is 12.4. The molecule has 0 radical (unpaired) electrons. The Hall–Kier alpha value is -3.25. The van der Waals surface area contributed by atoms with Crippen molar-refractivity contribution in [2.45, 2.75) is 25.8 Å². The van der Waals surface area contributed by atoms with Crippen molar-refractivity contribution in [3.8, 4) is 11.8 Å². The van der Waals surface area contributed by atoms with Crippen LogP contribution in [0.5, 0.6) is 5.75 Å². The standard InChI is InChI=1S/C20H24N4O4S/c1-15(18-10-3-4-11-19(18)24-29(2,26)27)22-20(25)23-16-8-7-9-17(14-16)28-13-6-5-12-21/h3-4,7-11,14-15,24H,5-6,13H2,1-2H3,(H2,22,23,25). The number of urea groups is 1. The molecule has 8 nitrogen and oxygen atoms in total. The third kappa shape index (κ3) is 7.71. The Morgan fingerprint density at radius 3 is 2.69 bits per heavy atom. The van der Waals surface area contributed by atoms with Gasteiger partial charge >= 0.3 is 6.03 Å².